The van der Waals surface area contributed by atoms with E-state index < -0.39 is 0 Å². The number of fused-ring (bicyclic) bond motifs is 1. The Morgan fingerprint density at radius 3 is 2.85 bits per heavy atom. The second kappa shape index (κ2) is 3.04. The van der Waals surface area contributed by atoms with Crippen molar-refractivity contribution in [3.8, 4) is 0 Å². The first-order valence-electron chi connectivity index (χ1n) is 4.32. The van der Waals surface area contributed by atoms with Crippen LogP contribution in [0.15, 0.2) is 18.2 Å². The monoisotopic (exact) mass is 194 g/mol. The number of aromatic amines is 1. The standard InChI is InChI=1S/C10H11ClN2/c1-6(2)7-3-4-9-8(5-7)10(11)13-12-9/h3-6H,1-2H3,(H,12,13). The van der Waals surface area contributed by atoms with Crippen LogP contribution < -0.4 is 0 Å². The molecule has 2 rings (SSSR count). The number of H-pyrrole nitrogens is 1. The smallest absolute Gasteiger partial charge is 0.132 e. The number of rotatable bonds is 1. The third-order valence-electron chi connectivity index (χ3n) is 2.20. The fraction of sp³-hybridized carbons (Fsp3) is 0.300. The van der Waals surface area contributed by atoms with Gasteiger partial charge in [0.25, 0.3) is 0 Å². The third-order valence-corrected chi connectivity index (χ3v) is 2.49. The van der Waals surface area contributed by atoms with Gasteiger partial charge >= 0.3 is 0 Å². The van der Waals surface area contributed by atoms with Crippen LogP contribution in [0.25, 0.3) is 10.9 Å². The number of hydrogen-bond acceptors (Lipinski definition) is 1. The normalized spacial score (nSPS) is 11.4. The first-order valence-corrected chi connectivity index (χ1v) is 4.70. The summed E-state index contributed by atoms with van der Waals surface area (Å²) in [6, 6.07) is 6.17. The van der Waals surface area contributed by atoms with Gasteiger partial charge in [-0.05, 0) is 23.6 Å². The van der Waals surface area contributed by atoms with Crippen molar-refractivity contribution in [2.75, 3.05) is 0 Å². The minimum absolute atomic E-state index is 0.523. The highest BCUT2D eigenvalue weighted by Gasteiger charge is 2.05. The molecule has 68 valence electrons. The van der Waals surface area contributed by atoms with Gasteiger partial charge in [0.2, 0.25) is 0 Å². The number of benzene rings is 1. The summed E-state index contributed by atoms with van der Waals surface area (Å²) in [4.78, 5) is 0. The molecule has 0 amide bonds. The van der Waals surface area contributed by atoms with Gasteiger partial charge in [-0.25, -0.2) is 0 Å². The van der Waals surface area contributed by atoms with Crippen LogP contribution in [-0.2, 0) is 0 Å². The average Bonchev–Trinajstić information content (AvgIpc) is 2.47. The van der Waals surface area contributed by atoms with E-state index in [1.807, 2.05) is 6.07 Å². The SMILES string of the molecule is CC(C)c1ccc2n[nH]c(Cl)c2c1. The van der Waals surface area contributed by atoms with Crippen molar-refractivity contribution in [3.05, 3.63) is 28.9 Å². The van der Waals surface area contributed by atoms with Crippen molar-refractivity contribution in [1.29, 1.82) is 0 Å². The highest BCUT2D eigenvalue weighted by molar-refractivity contribution is 6.34. The molecule has 0 bridgehead atoms. The van der Waals surface area contributed by atoms with Gasteiger partial charge in [0.1, 0.15) is 5.15 Å². The van der Waals surface area contributed by atoms with Gasteiger partial charge in [-0.2, -0.15) is 5.10 Å². The van der Waals surface area contributed by atoms with Crippen molar-refractivity contribution in [3.63, 3.8) is 0 Å². The number of aromatic nitrogens is 2. The van der Waals surface area contributed by atoms with Crippen molar-refractivity contribution in [1.82, 2.24) is 10.2 Å². The fourth-order valence-electron chi connectivity index (χ4n) is 1.36. The first kappa shape index (κ1) is 8.57. The van der Waals surface area contributed by atoms with Crippen LogP contribution in [0.1, 0.15) is 25.3 Å². The largest absolute Gasteiger partial charge is 0.266 e. The van der Waals surface area contributed by atoms with Gasteiger partial charge < -0.3 is 0 Å². The Balaban J connectivity index is 2.66. The number of halogens is 1. The van der Waals surface area contributed by atoms with E-state index in [2.05, 4.69) is 36.2 Å². The van der Waals surface area contributed by atoms with Crippen molar-refractivity contribution in [2.45, 2.75) is 19.8 Å². The molecule has 0 aliphatic carbocycles. The maximum absolute atomic E-state index is 5.93. The summed E-state index contributed by atoms with van der Waals surface area (Å²) in [6.45, 7) is 4.32. The van der Waals surface area contributed by atoms with Gasteiger partial charge in [0.15, 0.2) is 0 Å². The van der Waals surface area contributed by atoms with Crippen LogP contribution in [0, 0.1) is 0 Å². The summed E-state index contributed by atoms with van der Waals surface area (Å²) in [6.07, 6.45) is 0. The van der Waals surface area contributed by atoms with Crippen LogP contribution >= 0.6 is 11.6 Å². The van der Waals surface area contributed by atoms with Gasteiger partial charge in [0.05, 0.1) is 5.52 Å². The van der Waals surface area contributed by atoms with E-state index in [0.717, 1.165) is 10.9 Å². The summed E-state index contributed by atoms with van der Waals surface area (Å²) in [5.41, 5.74) is 2.21. The Labute approximate surface area is 81.9 Å². The zero-order chi connectivity index (χ0) is 9.42. The molecule has 3 heteroatoms. The van der Waals surface area contributed by atoms with E-state index in [9.17, 15) is 0 Å². The zero-order valence-electron chi connectivity index (χ0n) is 7.63. The molecular formula is C10H11ClN2. The molecule has 2 aromatic rings. The maximum Gasteiger partial charge on any atom is 0.132 e. The Bertz CT molecular complexity index is 431. The molecular weight excluding hydrogens is 184 g/mol. The third kappa shape index (κ3) is 1.42. The molecule has 1 aromatic heterocycles. The van der Waals surface area contributed by atoms with Crippen LogP contribution in [0.5, 0.6) is 0 Å². The van der Waals surface area contributed by atoms with E-state index >= 15 is 0 Å². The Morgan fingerprint density at radius 2 is 2.15 bits per heavy atom. The Kier molecular flexibility index (Phi) is 2.00. The lowest BCUT2D eigenvalue weighted by atomic mass is 10.0. The molecule has 1 N–H and O–H groups in total. The first-order chi connectivity index (χ1) is 6.18. The lowest BCUT2D eigenvalue weighted by molar-refractivity contribution is 0.869. The quantitative estimate of drug-likeness (QED) is 0.741. The second-order valence-corrected chi connectivity index (χ2v) is 3.85. The molecule has 0 unspecified atom stereocenters. The molecule has 0 aliphatic rings. The van der Waals surface area contributed by atoms with E-state index in [0.29, 0.717) is 11.1 Å². The highest BCUT2D eigenvalue weighted by Crippen LogP contribution is 2.24. The van der Waals surface area contributed by atoms with Crippen molar-refractivity contribution < 1.29 is 0 Å². The molecule has 0 atom stereocenters. The molecule has 1 aromatic carbocycles. The summed E-state index contributed by atoms with van der Waals surface area (Å²) in [5, 5.41) is 8.45. The summed E-state index contributed by atoms with van der Waals surface area (Å²) < 4.78 is 0. The molecule has 13 heavy (non-hydrogen) atoms. The minimum atomic E-state index is 0.523. The Hall–Kier alpha value is -1.02. The topological polar surface area (TPSA) is 28.7 Å². The number of nitrogens with zero attached hydrogens (tertiary/aromatic N) is 1. The maximum atomic E-state index is 5.93. The van der Waals surface area contributed by atoms with Crippen molar-refractivity contribution >= 4 is 22.5 Å². The molecule has 0 spiro atoms. The summed E-state index contributed by atoms with van der Waals surface area (Å²) in [7, 11) is 0. The molecule has 1 heterocycles. The summed E-state index contributed by atoms with van der Waals surface area (Å²) in [5.74, 6) is 0.523. The van der Waals surface area contributed by atoms with Gasteiger partial charge in [0, 0.05) is 5.39 Å². The number of hydrogen-bond donors (Lipinski definition) is 1. The molecule has 0 saturated heterocycles. The van der Waals surface area contributed by atoms with Crippen LogP contribution in [0.2, 0.25) is 5.15 Å². The zero-order valence-corrected chi connectivity index (χ0v) is 8.39. The van der Waals surface area contributed by atoms with E-state index in [-0.39, 0.29) is 0 Å². The van der Waals surface area contributed by atoms with Gasteiger partial charge in [-0.1, -0.05) is 31.5 Å². The lowest BCUT2D eigenvalue weighted by Gasteiger charge is -2.03. The van der Waals surface area contributed by atoms with Crippen LogP contribution in [0.3, 0.4) is 0 Å². The molecule has 0 fully saturated rings. The average molecular weight is 195 g/mol. The van der Waals surface area contributed by atoms with Crippen LogP contribution in [0.4, 0.5) is 0 Å². The molecule has 0 aliphatic heterocycles. The van der Waals surface area contributed by atoms with E-state index in [4.69, 9.17) is 11.6 Å². The van der Waals surface area contributed by atoms with Gasteiger partial charge in [-0.3, -0.25) is 5.10 Å². The minimum Gasteiger partial charge on any atom is -0.266 e. The second-order valence-electron chi connectivity index (χ2n) is 3.47. The molecule has 0 saturated carbocycles. The van der Waals surface area contributed by atoms with E-state index in [1.165, 1.54) is 5.56 Å². The molecule has 0 radical (unpaired) electrons. The molecule has 2 nitrogen and oxygen atoms in total. The number of nitrogens with one attached hydrogen (secondary N) is 1. The predicted molar refractivity (Wildman–Crippen MR) is 55.2 cm³/mol. The van der Waals surface area contributed by atoms with Crippen molar-refractivity contribution in [2.24, 2.45) is 0 Å². The summed E-state index contributed by atoms with van der Waals surface area (Å²) >= 11 is 5.93. The fourth-order valence-corrected chi connectivity index (χ4v) is 1.55. The Morgan fingerprint density at radius 1 is 1.38 bits per heavy atom. The van der Waals surface area contributed by atoms with Crippen LogP contribution in [-0.4, -0.2) is 10.2 Å². The predicted octanol–water partition coefficient (Wildman–Crippen LogP) is 3.34. The van der Waals surface area contributed by atoms with E-state index in [1.54, 1.807) is 0 Å². The lowest BCUT2D eigenvalue weighted by Crippen LogP contribution is -1.85. The highest BCUT2D eigenvalue weighted by atomic mass is 35.5. The van der Waals surface area contributed by atoms with Gasteiger partial charge in [-0.15, -0.1) is 0 Å².